The van der Waals surface area contributed by atoms with Crippen molar-refractivity contribution in [1.82, 2.24) is 0 Å². The number of fused-ring (bicyclic) bond motifs is 8. The number of anilines is 12. The summed E-state index contributed by atoms with van der Waals surface area (Å²) in [5, 5.41) is 9.62. The summed E-state index contributed by atoms with van der Waals surface area (Å²) in [7, 11) is 0. The van der Waals surface area contributed by atoms with Gasteiger partial charge in [-0.25, -0.2) is 0 Å². The predicted molar refractivity (Wildman–Crippen MR) is 313 cm³/mol. The van der Waals surface area contributed by atoms with Crippen LogP contribution < -0.4 is 19.6 Å². The monoisotopic (exact) mass is 942 g/mol. The first kappa shape index (κ1) is 41.8. The topological polar surface area (TPSA) is 13.0 Å². The van der Waals surface area contributed by atoms with E-state index in [-0.39, 0.29) is 0 Å². The normalized spacial score (nSPS) is 12.8. The molecule has 74 heavy (non-hydrogen) atoms. The van der Waals surface area contributed by atoms with Gasteiger partial charge in [0, 0.05) is 22.7 Å². The molecule has 15 rings (SSSR count). The minimum absolute atomic E-state index is 1.09. The van der Waals surface area contributed by atoms with Crippen LogP contribution in [0.2, 0.25) is 0 Å². The van der Waals surface area contributed by atoms with Crippen molar-refractivity contribution in [3.05, 3.63) is 279 Å². The van der Waals surface area contributed by atoms with Crippen LogP contribution in [0.25, 0.3) is 65.3 Å². The van der Waals surface area contributed by atoms with Gasteiger partial charge in [-0.3, -0.25) is 0 Å². The highest BCUT2D eigenvalue weighted by Crippen LogP contribution is 2.57. The van der Waals surface area contributed by atoms with E-state index >= 15 is 0 Å². The van der Waals surface area contributed by atoms with Gasteiger partial charge >= 0.3 is 0 Å². The smallest absolute Gasteiger partial charge is 0.0703 e. The molecule has 0 aliphatic carbocycles. The maximum atomic E-state index is 2.46. The molecular formula is C70H46N4. The first-order chi connectivity index (χ1) is 36.7. The van der Waals surface area contributed by atoms with Gasteiger partial charge in [0.15, 0.2) is 0 Å². The third-order valence-corrected chi connectivity index (χ3v) is 15.2. The Morgan fingerprint density at radius 3 is 0.797 bits per heavy atom. The molecule has 0 aromatic heterocycles. The average Bonchev–Trinajstić information content (AvgIpc) is 3.48. The molecule has 13 aromatic rings. The molecular weight excluding hydrogens is 897 g/mol. The molecule has 2 aliphatic rings. The lowest BCUT2D eigenvalue weighted by Crippen LogP contribution is -2.23. The van der Waals surface area contributed by atoms with Crippen LogP contribution in [0.3, 0.4) is 0 Å². The van der Waals surface area contributed by atoms with Gasteiger partial charge in [-0.15, -0.1) is 0 Å². The molecule has 0 spiro atoms. The average molecular weight is 943 g/mol. The molecule has 0 fully saturated rings. The van der Waals surface area contributed by atoms with E-state index in [9.17, 15) is 0 Å². The minimum Gasteiger partial charge on any atom is -0.306 e. The van der Waals surface area contributed by atoms with Gasteiger partial charge in [-0.1, -0.05) is 170 Å². The molecule has 2 aliphatic heterocycles. The van der Waals surface area contributed by atoms with Crippen molar-refractivity contribution in [3.63, 3.8) is 0 Å². The third-order valence-electron chi connectivity index (χ3n) is 15.2. The second-order valence-electron chi connectivity index (χ2n) is 19.3. The number of nitrogens with zero attached hydrogens (tertiary/aromatic N) is 4. The lowest BCUT2D eigenvalue weighted by atomic mass is 9.84. The van der Waals surface area contributed by atoms with Gasteiger partial charge in [-0.05, 0) is 175 Å². The second-order valence-corrected chi connectivity index (χ2v) is 19.3. The first-order valence-electron chi connectivity index (χ1n) is 25.4. The van der Waals surface area contributed by atoms with Crippen LogP contribution in [-0.4, -0.2) is 0 Å². The second kappa shape index (κ2) is 16.9. The summed E-state index contributed by atoms with van der Waals surface area (Å²) < 4.78 is 0. The van der Waals surface area contributed by atoms with Crippen molar-refractivity contribution < 1.29 is 0 Å². The molecule has 0 atom stereocenters. The van der Waals surface area contributed by atoms with Crippen molar-refractivity contribution >= 4 is 111 Å². The summed E-state index contributed by atoms with van der Waals surface area (Å²) in [4.78, 5) is 9.70. The molecule has 13 aromatic carbocycles. The first-order valence-corrected chi connectivity index (χ1v) is 25.4. The highest BCUT2D eigenvalue weighted by molar-refractivity contribution is 6.24. The minimum atomic E-state index is 1.09. The standard InChI is InChI=1S/C70H46N4/c1-3-23-53(24-4-1)71-61-27-11-15-31-65(61)73(66-32-16-12-28-62(66)71)55-39-41-57-59(45-55)69(51-37-35-47-19-7-9-21-49(47)43-51)58-42-40-56(46-60(58)70(57)52-38-36-48-20-8-10-22-50(48)44-52)74-67-33-17-13-29-63(67)72(54-25-5-2-6-26-54)64-30-14-18-34-68(64)74/h1-46H. The van der Waals surface area contributed by atoms with Crippen LogP contribution in [0.4, 0.5) is 68.2 Å². The summed E-state index contributed by atoms with van der Waals surface area (Å²) >= 11 is 0. The molecule has 0 saturated carbocycles. The van der Waals surface area contributed by atoms with Crippen LogP contribution in [0.1, 0.15) is 0 Å². The summed E-state index contributed by atoms with van der Waals surface area (Å²) in [5.41, 5.74) is 18.2. The van der Waals surface area contributed by atoms with E-state index in [1.54, 1.807) is 0 Å². The summed E-state index contributed by atoms with van der Waals surface area (Å²) in [5.74, 6) is 0. The zero-order valence-corrected chi connectivity index (χ0v) is 40.3. The number of hydrogen-bond acceptors (Lipinski definition) is 4. The van der Waals surface area contributed by atoms with Crippen LogP contribution in [0.15, 0.2) is 279 Å². The maximum Gasteiger partial charge on any atom is 0.0703 e. The Labute approximate surface area is 430 Å². The molecule has 0 unspecified atom stereocenters. The fourth-order valence-electron chi connectivity index (χ4n) is 11.9. The van der Waals surface area contributed by atoms with Gasteiger partial charge in [-0.2, -0.15) is 0 Å². The largest absolute Gasteiger partial charge is 0.306 e. The number of rotatable bonds is 6. The van der Waals surface area contributed by atoms with Crippen molar-refractivity contribution in [2.45, 2.75) is 0 Å². The molecule has 4 nitrogen and oxygen atoms in total. The quantitative estimate of drug-likeness (QED) is 0.154. The van der Waals surface area contributed by atoms with E-state index in [4.69, 9.17) is 0 Å². The van der Waals surface area contributed by atoms with Crippen molar-refractivity contribution in [3.8, 4) is 22.3 Å². The summed E-state index contributed by atoms with van der Waals surface area (Å²) in [6, 6.07) is 102. The van der Waals surface area contributed by atoms with E-state index in [0.29, 0.717) is 0 Å². The Morgan fingerprint density at radius 2 is 0.459 bits per heavy atom. The van der Waals surface area contributed by atoms with Gasteiger partial charge in [0.25, 0.3) is 0 Å². The van der Waals surface area contributed by atoms with Crippen molar-refractivity contribution in [2.75, 3.05) is 19.6 Å². The van der Waals surface area contributed by atoms with Crippen LogP contribution in [0, 0.1) is 0 Å². The summed E-state index contributed by atoms with van der Waals surface area (Å²) in [6.45, 7) is 0. The van der Waals surface area contributed by atoms with Crippen molar-refractivity contribution in [1.29, 1.82) is 0 Å². The fraction of sp³-hybridized carbons (Fsp3) is 0. The summed E-state index contributed by atoms with van der Waals surface area (Å²) in [6.07, 6.45) is 0. The molecule has 0 bridgehead atoms. The Hall–Kier alpha value is -9.90. The van der Waals surface area contributed by atoms with Crippen LogP contribution in [0.5, 0.6) is 0 Å². The van der Waals surface area contributed by atoms with Gasteiger partial charge in [0.1, 0.15) is 0 Å². The third kappa shape index (κ3) is 6.55. The van der Waals surface area contributed by atoms with E-state index in [2.05, 4.69) is 299 Å². The molecule has 0 saturated heterocycles. The molecule has 0 amide bonds. The molecule has 2 heterocycles. The highest BCUT2D eigenvalue weighted by atomic mass is 15.3. The van der Waals surface area contributed by atoms with E-state index in [1.807, 2.05) is 0 Å². The number of benzene rings is 13. The molecule has 4 heteroatoms. The molecule has 0 N–H and O–H groups in total. The van der Waals surface area contributed by atoms with Crippen molar-refractivity contribution in [2.24, 2.45) is 0 Å². The SMILES string of the molecule is c1ccc(N2c3ccccc3N(c3ccc4c(-c5ccc6ccccc6c5)c5cc(N6c7ccccc7N(c7ccccc7)c7ccccc76)ccc5c(-c5ccc6ccccc6c5)c4c3)c3ccccc32)cc1. The highest BCUT2D eigenvalue weighted by Gasteiger charge is 2.33. The van der Waals surface area contributed by atoms with E-state index in [0.717, 1.165) is 68.2 Å². The van der Waals surface area contributed by atoms with Crippen LogP contribution in [-0.2, 0) is 0 Å². The zero-order chi connectivity index (χ0) is 48.7. The van der Waals surface area contributed by atoms with Gasteiger partial charge in [0.2, 0.25) is 0 Å². The molecule has 0 radical (unpaired) electrons. The van der Waals surface area contributed by atoms with E-state index in [1.165, 1.54) is 65.3 Å². The predicted octanol–water partition coefficient (Wildman–Crippen LogP) is 20.1. The Balaban J connectivity index is 1.02. The van der Waals surface area contributed by atoms with Gasteiger partial charge in [0.05, 0.1) is 45.5 Å². The Kier molecular flexibility index (Phi) is 9.54. The Morgan fingerprint density at radius 1 is 0.176 bits per heavy atom. The number of para-hydroxylation sites is 10. The Bertz CT molecular complexity index is 3980. The zero-order valence-electron chi connectivity index (χ0n) is 40.3. The van der Waals surface area contributed by atoms with Crippen LogP contribution >= 0.6 is 0 Å². The molecule has 346 valence electrons. The number of hydrogen-bond donors (Lipinski definition) is 0. The van der Waals surface area contributed by atoms with E-state index < -0.39 is 0 Å². The lowest BCUT2D eigenvalue weighted by Gasteiger charge is -2.40. The fourth-order valence-corrected chi connectivity index (χ4v) is 11.9. The lowest BCUT2D eigenvalue weighted by molar-refractivity contribution is 1.17. The van der Waals surface area contributed by atoms with Gasteiger partial charge < -0.3 is 19.6 Å². The maximum absolute atomic E-state index is 2.46.